The van der Waals surface area contributed by atoms with Crippen molar-refractivity contribution in [3.05, 3.63) is 96.0 Å². The fourth-order valence-corrected chi connectivity index (χ4v) is 5.28. The largest absolute Gasteiger partial charge is 0.497 e. The van der Waals surface area contributed by atoms with Gasteiger partial charge in [-0.2, -0.15) is 0 Å². The maximum absolute atomic E-state index is 6.41. The van der Waals surface area contributed by atoms with Crippen molar-refractivity contribution < 1.29 is 13.9 Å². The van der Waals surface area contributed by atoms with Gasteiger partial charge in [-0.05, 0) is 67.7 Å². The van der Waals surface area contributed by atoms with E-state index in [1.807, 2.05) is 53.4 Å². The zero-order valence-electron chi connectivity index (χ0n) is 19.6. The molecule has 35 heavy (non-hydrogen) atoms. The molecule has 1 aliphatic rings. The van der Waals surface area contributed by atoms with Gasteiger partial charge < -0.3 is 24.1 Å². The van der Waals surface area contributed by atoms with Crippen molar-refractivity contribution in [1.29, 1.82) is 0 Å². The molecule has 1 aliphatic heterocycles. The fraction of sp³-hybridized carbons (Fsp3) is 0.185. The van der Waals surface area contributed by atoms with E-state index in [2.05, 4.69) is 41.5 Å². The monoisotopic (exact) mass is 503 g/mol. The van der Waals surface area contributed by atoms with Crippen LogP contribution in [0, 0.1) is 6.92 Å². The quantitative estimate of drug-likeness (QED) is 0.294. The van der Waals surface area contributed by atoms with Gasteiger partial charge in [0.2, 0.25) is 0 Å². The van der Waals surface area contributed by atoms with Crippen molar-refractivity contribution in [2.75, 3.05) is 19.1 Å². The van der Waals surface area contributed by atoms with Gasteiger partial charge in [-0.3, -0.25) is 4.98 Å². The summed E-state index contributed by atoms with van der Waals surface area (Å²) in [5, 5.41) is 4.81. The van der Waals surface area contributed by atoms with Gasteiger partial charge in [0.05, 0.1) is 31.6 Å². The number of benzene rings is 2. The molecule has 5 rings (SSSR count). The van der Waals surface area contributed by atoms with E-state index in [0.717, 1.165) is 27.1 Å². The number of furan rings is 1. The van der Waals surface area contributed by atoms with Crippen molar-refractivity contribution >= 4 is 34.8 Å². The second-order valence-corrected chi connectivity index (χ2v) is 9.57. The standard InChI is InChI=1S/C27H25N3O3S2/c1-17-7-10-19(11-8-17)35-24-14-13-23(33-24)26-25(20-6-4-5-15-28-20)29-27(34)30(26)21-16-18(31-2)9-12-22(21)32-3/h4-16,25-26H,1-3H3,(H,29,34). The van der Waals surface area contributed by atoms with Crippen LogP contribution in [0.4, 0.5) is 5.69 Å². The molecule has 0 radical (unpaired) electrons. The van der Waals surface area contributed by atoms with Gasteiger partial charge >= 0.3 is 0 Å². The van der Waals surface area contributed by atoms with Crippen molar-refractivity contribution in [3.8, 4) is 11.5 Å². The van der Waals surface area contributed by atoms with Crippen LogP contribution >= 0.6 is 24.0 Å². The third-order valence-corrected chi connectivity index (χ3v) is 7.12. The van der Waals surface area contributed by atoms with E-state index >= 15 is 0 Å². The molecule has 0 aliphatic carbocycles. The van der Waals surface area contributed by atoms with Crippen LogP contribution in [0.5, 0.6) is 11.5 Å². The molecule has 1 fully saturated rings. The Kier molecular flexibility index (Phi) is 6.66. The summed E-state index contributed by atoms with van der Waals surface area (Å²) in [6, 6.07) is 23.4. The smallest absolute Gasteiger partial charge is 0.174 e. The maximum Gasteiger partial charge on any atom is 0.174 e. The lowest BCUT2D eigenvalue weighted by molar-refractivity contribution is 0.379. The number of rotatable bonds is 7. The van der Waals surface area contributed by atoms with Gasteiger partial charge in [0.1, 0.15) is 23.3 Å². The van der Waals surface area contributed by atoms with Crippen LogP contribution in [0.1, 0.15) is 29.1 Å². The molecule has 1 N–H and O–H groups in total. The van der Waals surface area contributed by atoms with E-state index in [0.29, 0.717) is 16.6 Å². The van der Waals surface area contributed by atoms with Gasteiger partial charge in [-0.15, -0.1) is 0 Å². The molecule has 0 amide bonds. The molecular weight excluding hydrogens is 478 g/mol. The van der Waals surface area contributed by atoms with Gasteiger partial charge in [0, 0.05) is 17.2 Å². The first kappa shape index (κ1) is 23.3. The Morgan fingerprint density at radius 3 is 2.54 bits per heavy atom. The summed E-state index contributed by atoms with van der Waals surface area (Å²) in [4.78, 5) is 7.74. The van der Waals surface area contributed by atoms with Crippen LogP contribution in [0.2, 0.25) is 0 Å². The van der Waals surface area contributed by atoms with Crippen LogP contribution in [0.3, 0.4) is 0 Å². The Balaban J connectivity index is 1.57. The van der Waals surface area contributed by atoms with Crippen LogP contribution in [0.25, 0.3) is 0 Å². The minimum Gasteiger partial charge on any atom is -0.497 e. The Bertz CT molecular complexity index is 1330. The third kappa shape index (κ3) is 4.72. The fourth-order valence-electron chi connectivity index (χ4n) is 4.16. The first-order valence-electron chi connectivity index (χ1n) is 11.1. The second kappa shape index (κ2) is 10.0. The number of pyridine rings is 1. The molecule has 6 nitrogen and oxygen atoms in total. The number of ether oxygens (including phenoxy) is 2. The van der Waals surface area contributed by atoms with Gasteiger partial charge in [-0.1, -0.05) is 35.5 Å². The number of nitrogens with one attached hydrogen (secondary N) is 1. The van der Waals surface area contributed by atoms with E-state index in [1.165, 1.54) is 5.56 Å². The molecule has 178 valence electrons. The predicted molar refractivity (Wildman–Crippen MR) is 141 cm³/mol. The lowest BCUT2D eigenvalue weighted by Gasteiger charge is -2.27. The predicted octanol–water partition coefficient (Wildman–Crippen LogP) is 6.33. The molecule has 0 saturated carbocycles. The van der Waals surface area contributed by atoms with E-state index in [4.69, 9.17) is 26.1 Å². The zero-order chi connectivity index (χ0) is 24.4. The summed E-state index contributed by atoms with van der Waals surface area (Å²) in [5.41, 5.74) is 2.88. The van der Waals surface area contributed by atoms with Crippen LogP contribution in [0.15, 0.2) is 93.4 Å². The maximum atomic E-state index is 6.41. The summed E-state index contributed by atoms with van der Waals surface area (Å²) in [6.45, 7) is 2.08. The highest BCUT2D eigenvalue weighted by molar-refractivity contribution is 7.99. The minimum absolute atomic E-state index is 0.219. The summed E-state index contributed by atoms with van der Waals surface area (Å²) in [7, 11) is 3.29. The number of hydrogen-bond acceptors (Lipinski definition) is 6. The van der Waals surface area contributed by atoms with E-state index in [-0.39, 0.29) is 12.1 Å². The zero-order valence-corrected chi connectivity index (χ0v) is 21.2. The van der Waals surface area contributed by atoms with Crippen molar-refractivity contribution in [1.82, 2.24) is 10.3 Å². The topological polar surface area (TPSA) is 59.8 Å². The van der Waals surface area contributed by atoms with E-state index in [1.54, 1.807) is 32.2 Å². The highest BCUT2D eigenvalue weighted by Gasteiger charge is 2.43. The lowest BCUT2D eigenvalue weighted by Crippen LogP contribution is -2.29. The number of nitrogens with zero attached hydrogens (tertiary/aromatic N) is 2. The first-order chi connectivity index (χ1) is 17.1. The molecular formula is C27H25N3O3S2. The average Bonchev–Trinajstić information content (AvgIpc) is 3.49. The summed E-state index contributed by atoms with van der Waals surface area (Å²) in [6.07, 6.45) is 1.78. The lowest BCUT2D eigenvalue weighted by atomic mass is 10.0. The highest BCUT2D eigenvalue weighted by Crippen LogP contribution is 2.46. The molecule has 4 aromatic rings. The number of methoxy groups -OCH3 is 2. The van der Waals surface area contributed by atoms with E-state index in [9.17, 15) is 0 Å². The number of aryl methyl sites for hydroxylation is 1. The Hall–Kier alpha value is -3.49. The minimum atomic E-state index is -0.286. The Morgan fingerprint density at radius 2 is 1.83 bits per heavy atom. The normalized spacial score (nSPS) is 17.3. The number of thiocarbonyl (C=S) groups is 1. The average molecular weight is 504 g/mol. The molecule has 0 bridgehead atoms. The number of hydrogen-bond donors (Lipinski definition) is 1. The van der Waals surface area contributed by atoms with Crippen LogP contribution < -0.4 is 19.7 Å². The van der Waals surface area contributed by atoms with E-state index < -0.39 is 0 Å². The van der Waals surface area contributed by atoms with Gasteiger partial charge in [-0.25, -0.2) is 0 Å². The molecule has 8 heteroatoms. The summed E-state index contributed by atoms with van der Waals surface area (Å²) in [5.74, 6) is 2.16. The second-order valence-electron chi connectivity index (χ2n) is 8.11. The number of aromatic nitrogens is 1. The van der Waals surface area contributed by atoms with Crippen molar-refractivity contribution in [2.45, 2.75) is 29.0 Å². The summed E-state index contributed by atoms with van der Waals surface area (Å²) >= 11 is 7.42. The molecule has 2 atom stereocenters. The summed E-state index contributed by atoms with van der Waals surface area (Å²) < 4.78 is 17.6. The molecule has 1 saturated heterocycles. The molecule has 2 aromatic carbocycles. The molecule has 2 unspecified atom stereocenters. The SMILES string of the molecule is COc1ccc(OC)c(N2C(=S)NC(c3ccccn3)C2c2ccc(Sc3ccc(C)cc3)o2)c1. The highest BCUT2D eigenvalue weighted by atomic mass is 32.2. The number of anilines is 1. The third-order valence-electron chi connectivity index (χ3n) is 5.88. The van der Waals surface area contributed by atoms with Gasteiger partial charge in [0.25, 0.3) is 0 Å². The van der Waals surface area contributed by atoms with Crippen molar-refractivity contribution in [2.24, 2.45) is 0 Å². The van der Waals surface area contributed by atoms with Gasteiger partial charge in [0.15, 0.2) is 10.2 Å². The first-order valence-corrected chi connectivity index (χ1v) is 12.4. The molecule has 0 spiro atoms. The molecule has 3 heterocycles. The Labute approximate surface area is 214 Å². The van der Waals surface area contributed by atoms with Crippen molar-refractivity contribution in [3.63, 3.8) is 0 Å². The molecule has 2 aromatic heterocycles. The Morgan fingerprint density at radius 1 is 1.00 bits per heavy atom. The van der Waals surface area contributed by atoms with Crippen LogP contribution in [-0.2, 0) is 0 Å². The van der Waals surface area contributed by atoms with Crippen LogP contribution in [-0.4, -0.2) is 24.3 Å².